The number of phenols is 1. The molecule has 1 aliphatic carbocycles. The van der Waals surface area contributed by atoms with Crippen LogP contribution in [0.1, 0.15) is 45.1 Å². The molecular formula is C26H36ClN5O2. The minimum Gasteiger partial charge on any atom is -0.506 e. The van der Waals surface area contributed by atoms with Gasteiger partial charge in [-0.3, -0.25) is 4.99 Å². The van der Waals surface area contributed by atoms with E-state index in [2.05, 4.69) is 53.0 Å². The van der Waals surface area contributed by atoms with E-state index in [0.717, 1.165) is 31.2 Å². The largest absolute Gasteiger partial charge is 0.506 e. The fourth-order valence-corrected chi connectivity index (χ4v) is 5.39. The monoisotopic (exact) mass is 485 g/mol. The number of aromatic hydroxyl groups is 1. The molecule has 5 unspecified atom stereocenters. The summed E-state index contributed by atoms with van der Waals surface area (Å²) < 4.78 is 0. The molecule has 0 spiro atoms. The Morgan fingerprint density at radius 3 is 2.91 bits per heavy atom. The topological polar surface area (TPSA) is 89.0 Å². The van der Waals surface area contributed by atoms with Gasteiger partial charge >= 0.3 is 6.03 Å². The standard InChI is InChI=1S/C26H36ClN5O2/c1-17-20(21-6-3-4-7-24(21)31-17)11-13-32(15-19-9-10-25(33)22(27)14-19)26(34)28-12-5-8-23-18(2)29-16-30-23/h3-4,6,9-10,14,16-18,20,23-24,31,33H,5,7-8,11-13,15H2,1-2H3,(H,28,34)(H,29,30). The highest BCUT2D eigenvalue weighted by Crippen LogP contribution is 2.33. The molecule has 184 valence electrons. The van der Waals surface area contributed by atoms with E-state index >= 15 is 0 Å². The van der Waals surface area contributed by atoms with Gasteiger partial charge in [-0.25, -0.2) is 4.79 Å². The van der Waals surface area contributed by atoms with E-state index in [1.165, 1.54) is 5.57 Å². The van der Waals surface area contributed by atoms with Crippen LogP contribution in [0.3, 0.4) is 0 Å². The number of halogens is 1. The first-order valence-corrected chi connectivity index (χ1v) is 12.7. The van der Waals surface area contributed by atoms with Crippen molar-refractivity contribution in [2.24, 2.45) is 10.9 Å². The molecule has 34 heavy (non-hydrogen) atoms. The number of allylic oxidation sites excluding steroid dienone is 2. The minimum atomic E-state index is -0.0713. The van der Waals surface area contributed by atoms with Gasteiger partial charge in [-0.15, -0.1) is 0 Å². The van der Waals surface area contributed by atoms with E-state index in [9.17, 15) is 9.90 Å². The summed E-state index contributed by atoms with van der Waals surface area (Å²) in [5.74, 6) is 0.455. The van der Waals surface area contributed by atoms with Crippen LogP contribution in [0.15, 0.2) is 47.0 Å². The number of fused-ring (bicyclic) bond motifs is 1. The molecule has 1 aromatic rings. The summed E-state index contributed by atoms with van der Waals surface area (Å²) in [4.78, 5) is 19.5. The summed E-state index contributed by atoms with van der Waals surface area (Å²) in [6.45, 7) is 6.06. The predicted molar refractivity (Wildman–Crippen MR) is 137 cm³/mol. The zero-order chi connectivity index (χ0) is 24.1. The van der Waals surface area contributed by atoms with Crippen LogP contribution in [0.5, 0.6) is 5.75 Å². The molecule has 4 rings (SSSR count). The molecule has 2 aliphatic heterocycles. The molecule has 7 nitrogen and oxygen atoms in total. The number of carbonyl (C=O) groups is 1. The van der Waals surface area contributed by atoms with Crippen molar-refractivity contribution in [3.8, 4) is 5.75 Å². The Balaban J connectivity index is 1.37. The van der Waals surface area contributed by atoms with Crippen LogP contribution in [0.2, 0.25) is 5.02 Å². The molecule has 0 bridgehead atoms. The molecule has 3 aliphatic rings. The maximum atomic E-state index is 13.2. The van der Waals surface area contributed by atoms with Gasteiger partial charge in [-0.05, 0) is 68.7 Å². The summed E-state index contributed by atoms with van der Waals surface area (Å²) in [5.41, 5.74) is 2.34. The number of nitrogens with one attached hydrogen (secondary N) is 3. The highest BCUT2D eigenvalue weighted by atomic mass is 35.5. The Morgan fingerprint density at radius 2 is 2.15 bits per heavy atom. The highest BCUT2D eigenvalue weighted by molar-refractivity contribution is 6.32. The van der Waals surface area contributed by atoms with Crippen LogP contribution < -0.4 is 16.0 Å². The van der Waals surface area contributed by atoms with Gasteiger partial charge in [-0.2, -0.15) is 0 Å². The Hall–Kier alpha value is -2.51. The second kappa shape index (κ2) is 11.3. The highest BCUT2D eigenvalue weighted by Gasteiger charge is 2.35. The summed E-state index contributed by atoms with van der Waals surface area (Å²) in [7, 11) is 0. The molecule has 5 atom stereocenters. The van der Waals surface area contributed by atoms with Gasteiger partial charge in [-0.1, -0.05) is 35.9 Å². The number of phenolic OH excluding ortho intramolecular Hbond substituents is 1. The van der Waals surface area contributed by atoms with Gasteiger partial charge < -0.3 is 26.0 Å². The lowest BCUT2D eigenvalue weighted by molar-refractivity contribution is 0.191. The van der Waals surface area contributed by atoms with Crippen molar-refractivity contribution in [3.05, 3.63) is 52.6 Å². The fourth-order valence-electron chi connectivity index (χ4n) is 5.19. The Morgan fingerprint density at radius 1 is 1.29 bits per heavy atom. The lowest BCUT2D eigenvalue weighted by atomic mass is 9.87. The smallest absolute Gasteiger partial charge is 0.317 e. The second-order valence-corrected chi connectivity index (χ2v) is 10.0. The fraction of sp³-hybridized carbons (Fsp3) is 0.538. The van der Waals surface area contributed by atoms with E-state index in [0.29, 0.717) is 48.7 Å². The van der Waals surface area contributed by atoms with Crippen molar-refractivity contribution in [2.75, 3.05) is 13.1 Å². The molecule has 0 saturated carbocycles. The summed E-state index contributed by atoms with van der Waals surface area (Å²) in [6, 6.07) is 6.47. The third-order valence-electron chi connectivity index (χ3n) is 7.21. The maximum absolute atomic E-state index is 13.2. The molecule has 1 saturated heterocycles. The van der Waals surface area contributed by atoms with Crippen molar-refractivity contribution >= 4 is 24.0 Å². The van der Waals surface area contributed by atoms with Crippen molar-refractivity contribution in [1.29, 1.82) is 0 Å². The molecule has 1 fully saturated rings. The first-order valence-electron chi connectivity index (χ1n) is 12.3. The van der Waals surface area contributed by atoms with Gasteiger partial charge in [0.25, 0.3) is 0 Å². The summed E-state index contributed by atoms with van der Waals surface area (Å²) in [6.07, 6.45) is 12.1. The van der Waals surface area contributed by atoms with Gasteiger partial charge in [0.2, 0.25) is 0 Å². The number of nitrogens with zero attached hydrogens (tertiary/aromatic N) is 2. The van der Waals surface area contributed by atoms with Crippen LogP contribution in [0.4, 0.5) is 4.79 Å². The van der Waals surface area contributed by atoms with Crippen LogP contribution >= 0.6 is 11.6 Å². The zero-order valence-electron chi connectivity index (χ0n) is 20.0. The van der Waals surface area contributed by atoms with Crippen LogP contribution in [0.25, 0.3) is 0 Å². The van der Waals surface area contributed by atoms with E-state index in [1.807, 2.05) is 11.0 Å². The Kier molecular flexibility index (Phi) is 8.16. The molecule has 0 aromatic heterocycles. The average Bonchev–Trinajstić information content (AvgIpc) is 3.38. The summed E-state index contributed by atoms with van der Waals surface area (Å²) >= 11 is 6.12. The number of urea groups is 1. The quantitative estimate of drug-likeness (QED) is 0.398. The molecular weight excluding hydrogens is 450 g/mol. The average molecular weight is 486 g/mol. The zero-order valence-corrected chi connectivity index (χ0v) is 20.8. The Bertz CT molecular complexity index is 963. The lowest BCUT2D eigenvalue weighted by Gasteiger charge is -2.27. The van der Waals surface area contributed by atoms with E-state index in [4.69, 9.17) is 11.6 Å². The first kappa shape index (κ1) is 24.6. The molecule has 4 N–H and O–H groups in total. The van der Waals surface area contributed by atoms with Crippen molar-refractivity contribution in [1.82, 2.24) is 20.9 Å². The predicted octanol–water partition coefficient (Wildman–Crippen LogP) is 3.98. The van der Waals surface area contributed by atoms with E-state index < -0.39 is 0 Å². The number of benzene rings is 1. The molecule has 0 radical (unpaired) electrons. The van der Waals surface area contributed by atoms with Gasteiger partial charge in [0.15, 0.2) is 0 Å². The number of aliphatic imine (C=N–C) groups is 1. The van der Waals surface area contributed by atoms with E-state index in [1.54, 1.807) is 18.5 Å². The lowest BCUT2D eigenvalue weighted by Crippen LogP contribution is -2.41. The maximum Gasteiger partial charge on any atom is 0.317 e. The molecule has 8 heteroatoms. The van der Waals surface area contributed by atoms with E-state index in [-0.39, 0.29) is 17.8 Å². The Labute approximate surface area is 207 Å². The third-order valence-corrected chi connectivity index (χ3v) is 7.51. The number of rotatable bonds is 9. The minimum absolute atomic E-state index is 0.0499. The number of amides is 2. The number of carbonyl (C=O) groups excluding carboxylic acids is 1. The third kappa shape index (κ3) is 5.94. The molecule has 2 amide bonds. The van der Waals surface area contributed by atoms with Gasteiger partial charge in [0, 0.05) is 37.8 Å². The van der Waals surface area contributed by atoms with Crippen LogP contribution in [-0.4, -0.2) is 59.6 Å². The van der Waals surface area contributed by atoms with Gasteiger partial charge in [0.1, 0.15) is 5.75 Å². The van der Waals surface area contributed by atoms with Crippen molar-refractivity contribution in [3.63, 3.8) is 0 Å². The van der Waals surface area contributed by atoms with Gasteiger partial charge in [0.05, 0.1) is 17.4 Å². The normalized spacial score (nSPS) is 27.3. The molecule has 2 heterocycles. The first-order chi connectivity index (χ1) is 16.4. The number of hydrogen-bond acceptors (Lipinski definition) is 5. The van der Waals surface area contributed by atoms with Crippen LogP contribution in [0, 0.1) is 5.92 Å². The second-order valence-electron chi connectivity index (χ2n) is 9.62. The molecule has 1 aromatic carbocycles. The van der Waals surface area contributed by atoms with Crippen molar-refractivity contribution < 1.29 is 9.90 Å². The van der Waals surface area contributed by atoms with Crippen molar-refractivity contribution in [2.45, 2.75) is 70.2 Å². The summed E-state index contributed by atoms with van der Waals surface area (Å²) in [5, 5.41) is 20.1. The van der Waals surface area contributed by atoms with Crippen LogP contribution in [-0.2, 0) is 6.54 Å². The SMILES string of the molecule is CC1NC=NC1CCCNC(=O)N(CCC1C2=CC=CCC2NC1C)Cc1ccc(O)c(Cl)c1. The number of hydrogen-bond donors (Lipinski definition) is 4.